The summed E-state index contributed by atoms with van der Waals surface area (Å²) in [6.45, 7) is 7.34. The summed E-state index contributed by atoms with van der Waals surface area (Å²) in [4.78, 5) is 31.3. The molecule has 1 atom stereocenters. The number of anilines is 1. The van der Waals surface area contributed by atoms with E-state index in [0.717, 1.165) is 53.6 Å². The molecule has 2 aromatic carbocycles. The lowest BCUT2D eigenvalue weighted by Crippen LogP contribution is -2.31. The minimum absolute atomic E-state index is 0.0896. The number of fused-ring (bicyclic) bond motifs is 2. The molecule has 0 fully saturated rings. The number of benzene rings is 2. The molecule has 2 heterocycles. The van der Waals surface area contributed by atoms with E-state index in [9.17, 15) is 9.59 Å². The summed E-state index contributed by atoms with van der Waals surface area (Å²) in [5, 5.41) is 4.52. The first-order valence-electron chi connectivity index (χ1n) is 12.8. The van der Waals surface area contributed by atoms with E-state index in [2.05, 4.69) is 31.1 Å². The van der Waals surface area contributed by atoms with Gasteiger partial charge in [0.1, 0.15) is 0 Å². The molecule has 1 aliphatic rings. The number of hydrogen-bond acceptors (Lipinski definition) is 6. The van der Waals surface area contributed by atoms with Crippen LogP contribution in [0.5, 0.6) is 11.5 Å². The van der Waals surface area contributed by atoms with E-state index in [4.69, 9.17) is 9.47 Å². The number of aryl methyl sites for hydroxylation is 1. The fourth-order valence-electron chi connectivity index (χ4n) is 4.70. The Morgan fingerprint density at radius 3 is 2.44 bits per heavy atom. The molecule has 190 valence electrons. The van der Waals surface area contributed by atoms with E-state index in [0.29, 0.717) is 36.4 Å². The molecule has 7 heteroatoms. The summed E-state index contributed by atoms with van der Waals surface area (Å²) >= 11 is 0. The lowest BCUT2D eigenvalue weighted by Gasteiger charge is -2.21. The standard InChI is InChI=1S/C29H35N3O4/c1-5-6-9-17-36-27-24(35-4)18-23(26-25(27)19(2)14-15-30-26)31-20(3)11-10-16-32-28(33)21-12-7-8-13-22(21)29(32)34/h7-8,12-15,18,20,31H,5-6,9-11,16-17H2,1-4H3. The molecule has 0 saturated heterocycles. The molecule has 7 nitrogen and oxygen atoms in total. The molecule has 1 aliphatic heterocycles. The number of unbranched alkanes of at least 4 members (excludes halogenated alkanes) is 2. The van der Waals surface area contributed by atoms with Gasteiger partial charge in [0.05, 0.1) is 41.4 Å². The summed E-state index contributed by atoms with van der Waals surface area (Å²) < 4.78 is 11.9. The molecule has 1 unspecified atom stereocenters. The average Bonchev–Trinajstić information content (AvgIpc) is 3.12. The number of aromatic nitrogens is 1. The highest BCUT2D eigenvalue weighted by molar-refractivity contribution is 6.21. The van der Waals surface area contributed by atoms with Gasteiger partial charge in [0, 0.05) is 24.8 Å². The Bertz CT molecular complexity index is 1220. The maximum absolute atomic E-state index is 12.6. The van der Waals surface area contributed by atoms with E-state index in [1.807, 2.05) is 18.3 Å². The third kappa shape index (κ3) is 5.15. The Balaban J connectivity index is 1.46. The van der Waals surface area contributed by atoms with Gasteiger partial charge >= 0.3 is 0 Å². The number of hydrogen-bond donors (Lipinski definition) is 1. The van der Waals surface area contributed by atoms with E-state index >= 15 is 0 Å². The van der Waals surface area contributed by atoms with E-state index < -0.39 is 0 Å². The Hall–Kier alpha value is -3.61. The molecule has 0 saturated carbocycles. The van der Waals surface area contributed by atoms with Crippen LogP contribution in [0.25, 0.3) is 10.9 Å². The van der Waals surface area contributed by atoms with Crippen LogP contribution < -0.4 is 14.8 Å². The van der Waals surface area contributed by atoms with Crippen LogP contribution in [-0.4, -0.2) is 48.0 Å². The van der Waals surface area contributed by atoms with Crippen LogP contribution in [0, 0.1) is 6.92 Å². The quantitative estimate of drug-likeness (QED) is 0.248. The highest BCUT2D eigenvalue weighted by Gasteiger charge is 2.34. The Morgan fingerprint density at radius 1 is 1.06 bits per heavy atom. The summed E-state index contributed by atoms with van der Waals surface area (Å²) in [5.41, 5.74) is 3.77. The highest BCUT2D eigenvalue weighted by atomic mass is 16.5. The molecule has 4 rings (SSSR count). The van der Waals surface area contributed by atoms with Crippen molar-refractivity contribution >= 4 is 28.4 Å². The van der Waals surface area contributed by atoms with Crippen LogP contribution >= 0.6 is 0 Å². The zero-order valence-corrected chi connectivity index (χ0v) is 21.6. The van der Waals surface area contributed by atoms with Crippen molar-refractivity contribution in [2.75, 3.05) is 25.6 Å². The van der Waals surface area contributed by atoms with Crippen LogP contribution in [0.15, 0.2) is 42.6 Å². The summed E-state index contributed by atoms with van der Waals surface area (Å²) in [7, 11) is 1.65. The number of carbonyl (C=O) groups is 2. The molecule has 1 aromatic heterocycles. The van der Waals surface area contributed by atoms with Crippen LogP contribution in [0.1, 0.15) is 72.2 Å². The Kier molecular flexibility index (Phi) is 8.08. The first-order valence-corrected chi connectivity index (χ1v) is 12.8. The van der Waals surface area contributed by atoms with Crippen molar-refractivity contribution in [3.05, 3.63) is 59.3 Å². The van der Waals surface area contributed by atoms with Crippen molar-refractivity contribution in [2.24, 2.45) is 0 Å². The molecule has 36 heavy (non-hydrogen) atoms. The van der Waals surface area contributed by atoms with Gasteiger partial charge in [-0.05, 0) is 56.9 Å². The van der Waals surface area contributed by atoms with Crippen molar-refractivity contribution < 1.29 is 19.1 Å². The number of imide groups is 1. The minimum atomic E-state index is -0.207. The minimum Gasteiger partial charge on any atom is -0.493 e. The van der Waals surface area contributed by atoms with Crippen LogP contribution in [-0.2, 0) is 0 Å². The average molecular weight is 490 g/mol. The van der Waals surface area contributed by atoms with E-state index in [1.165, 1.54) is 4.90 Å². The van der Waals surface area contributed by atoms with Gasteiger partial charge in [-0.15, -0.1) is 0 Å². The first-order chi connectivity index (χ1) is 17.5. The fourth-order valence-corrected chi connectivity index (χ4v) is 4.70. The predicted molar refractivity (Wildman–Crippen MR) is 142 cm³/mol. The molecule has 2 amide bonds. The smallest absolute Gasteiger partial charge is 0.261 e. The highest BCUT2D eigenvalue weighted by Crippen LogP contribution is 2.41. The largest absolute Gasteiger partial charge is 0.493 e. The number of carbonyl (C=O) groups excluding carboxylic acids is 2. The topological polar surface area (TPSA) is 80.8 Å². The number of pyridine rings is 1. The molecule has 0 spiro atoms. The van der Waals surface area contributed by atoms with Crippen molar-refractivity contribution in [3.63, 3.8) is 0 Å². The van der Waals surface area contributed by atoms with Gasteiger partial charge in [-0.25, -0.2) is 0 Å². The van der Waals surface area contributed by atoms with Crippen molar-refractivity contribution in [3.8, 4) is 11.5 Å². The van der Waals surface area contributed by atoms with Gasteiger partial charge < -0.3 is 14.8 Å². The first kappa shape index (κ1) is 25.5. The number of methoxy groups -OCH3 is 1. The van der Waals surface area contributed by atoms with E-state index in [1.54, 1.807) is 31.4 Å². The summed E-state index contributed by atoms with van der Waals surface area (Å²) in [5.74, 6) is 0.996. The van der Waals surface area contributed by atoms with E-state index in [-0.39, 0.29) is 17.9 Å². The van der Waals surface area contributed by atoms with Crippen LogP contribution in [0.3, 0.4) is 0 Å². The number of nitrogens with one attached hydrogen (secondary N) is 1. The molecule has 0 aliphatic carbocycles. The number of rotatable bonds is 12. The molecule has 1 N–H and O–H groups in total. The van der Waals surface area contributed by atoms with Crippen LogP contribution in [0.2, 0.25) is 0 Å². The molecule has 0 bridgehead atoms. The summed E-state index contributed by atoms with van der Waals surface area (Å²) in [6, 6.07) is 11.0. The Labute approximate surface area is 212 Å². The second-order valence-electron chi connectivity index (χ2n) is 9.36. The second-order valence-corrected chi connectivity index (χ2v) is 9.36. The maximum atomic E-state index is 12.6. The van der Waals surface area contributed by atoms with Gasteiger partial charge in [-0.3, -0.25) is 19.5 Å². The van der Waals surface area contributed by atoms with Crippen molar-refractivity contribution in [1.29, 1.82) is 0 Å². The summed E-state index contributed by atoms with van der Waals surface area (Å²) in [6.07, 6.45) is 6.52. The van der Waals surface area contributed by atoms with Gasteiger partial charge in [0.25, 0.3) is 11.8 Å². The predicted octanol–water partition coefficient (Wildman–Crippen LogP) is 6.00. The monoisotopic (exact) mass is 489 g/mol. The lowest BCUT2D eigenvalue weighted by atomic mass is 10.1. The molecular formula is C29H35N3O4. The van der Waals surface area contributed by atoms with Crippen molar-refractivity contribution in [2.45, 2.75) is 58.9 Å². The van der Waals surface area contributed by atoms with Gasteiger partial charge in [-0.2, -0.15) is 0 Å². The third-order valence-corrected chi connectivity index (χ3v) is 6.65. The lowest BCUT2D eigenvalue weighted by molar-refractivity contribution is 0.0651. The zero-order chi connectivity index (χ0) is 25.7. The second kappa shape index (κ2) is 11.4. The number of amides is 2. The maximum Gasteiger partial charge on any atom is 0.261 e. The molecular weight excluding hydrogens is 454 g/mol. The third-order valence-electron chi connectivity index (χ3n) is 6.65. The van der Waals surface area contributed by atoms with Crippen molar-refractivity contribution in [1.82, 2.24) is 9.88 Å². The normalized spacial score (nSPS) is 13.7. The van der Waals surface area contributed by atoms with Gasteiger partial charge in [-0.1, -0.05) is 31.9 Å². The number of nitrogens with zero attached hydrogens (tertiary/aromatic N) is 2. The SMILES string of the molecule is CCCCCOc1c(OC)cc(NC(C)CCCN2C(=O)c3ccccc3C2=O)c2nccc(C)c12. The molecule has 3 aromatic rings. The van der Waals surface area contributed by atoms with Gasteiger partial charge in [0.15, 0.2) is 11.5 Å². The fraction of sp³-hybridized carbons (Fsp3) is 0.414. The Morgan fingerprint density at radius 2 is 1.78 bits per heavy atom. The number of ether oxygens (including phenoxy) is 2. The van der Waals surface area contributed by atoms with Gasteiger partial charge in [0.2, 0.25) is 0 Å². The zero-order valence-electron chi connectivity index (χ0n) is 21.6. The molecule has 0 radical (unpaired) electrons. The van der Waals surface area contributed by atoms with Crippen LogP contribution in [0.4, 0.5) is 5.69 Å².